The van der Waals surface area contributed by atoms with Crippen molar-refractivity contribution in [3.63, 3.8) is 0 Å². The van der Waals surface area contributed by atoms with E-state index in [4.69, 9.17) is 11.5 Å². The van der Waals surface area contributed by atoms with Crippen LogP contribution in [0.2, 0.25) is 0 Å². The van der Waals surface area contributed by atoms with E-state index in [0.29, 0.717) is 17.7 Å². The summed E-state index contributed by atoms with van der Waals surface area (Å²) in [5.41, 5.74) is 12.4. The van der Waals surface area contributed by atoms with Gasteiger partial charge < -0.3 is 11.5 Å². The van der Waals surface area contributed by atoms with Gasteiger partial charge in [0.15, 0.2) is 0 Å². The molecular formula is C12H13FN4O. The number of amides is 1. The second kappa shape index (κ2) is 4.97. The Morgan fingerprint density at radius 1 is 1.33 bits per heavy atom. The molecule has 0 atom stereocenters. The molecule has 0 saturated heterocycles. The van der Waals surface area contributed by atoms with Gasteiger partial charge in [-0.25, -0.2) is 4.39 Å². The second-order valence-electron chi connectivity index (χ2n) is 3.96. The Kier molecular flexibility index (Phi) is 3.38. The summed E-state index contributed by atoms with van der Waals surface area (Å²) < 4.78 is 14.8. The number of halogens is 1. The SMILES string of the molecule is NCc1cc(F)cc(Cn2cc(C(N)=O)cn2)c1. The molecule has 18 heavy (non-hydrogen) atoms. The minimum absolute atomic E-state index is 0.274. The van der Waals surface area contributed by atoms with E-state index in [9.17, 15) is 9.18 Å². The lowest BCUT2D eigenvalue weighted by atomic mass is 10.1. The van der Waals surface area contributed by atoms with Gasteiger partial charge in [-0.3, -0.25) is 9.48 Å². The van der Waals surface area contributed by atoms with Crippen molar-refractivity contribution in [2.75, 3.05) is 0 Å². The fraction of sp³-hybridized carbons (Fsp3) is 0.167. The summed E-state index contributed by atoms with van der Waals surface area (Å²) in [5, 5.41) is 3.98. The molecule has 1 heterocycles. The number of carbonyl (C=O) groups is 1. The van der Waals surface area contributed by atoms with E-state index < -0.39 is 5.91 Å². The first-order chi connectivity index (χ1) is 8.58. The highest BCUT2D eigenvalue weighted by molar-refractivity contribution is 5.92. The quantitative estimate of drug-likeness (QED) is 0.831. The summed E-state index contributed by atoms with van der Waals surface area (Å²) >= 11 is 0. The predicted molar refractivity (Wildman–Crippen MR) is 64.1 cm³/mol. The molecule has 4 N–H and O–H groups in total. The number of benzene rings is 1. The molecule has 0 aliphatic rings. The zero-order valence-corrected chi connectivity index (χ0v) is 9.64. The topological polar surface area (TPSA) is 86.9 Å². The molecule has 1 aromatic carbocycles. The number of hydrogen-bond acceptors (Lipinski definition) is 3. The number of nitrogens with two attached hydrogens (primary N) is 2. The lowest BCUT2D eigenvalue weighted by Gasteiger charge is -2.05. The standard InChI is InChI=1S/C12H13FN4O/c13-11-2-8(4-14)1-9(3-11)6-17-7-10(5-16-17)12(15)18/h1-3,5,7H,4,6,14H2,(H2,15,18). The first-order valence-corrected chi connectivity index (χ1v) is 5.39. The van der Waals surface area contributed by atoms with E-state index in [1.54, 1.807) is 6.07 Å². The van der Waals surface area contributed by atoms with Crippen LogP contribution < -0.4 is 11.5 Å². The van der Waals surface area contributed by atoms with Crippen molar-refractivity contribution in [1.29, 1.82) is 0 Å². The van der Waals surface area contributed by atoms with Crippen LogP contribution in [0.25, 0.3) is 0 Å². The van der Waals surface area contributed by atoms with Gasteiger partial charge in [0.25, 0.3) is 5.91 Å². The fourth-order valence-electron chi connectivity index (χ4n) is 1.69. The van der Waals surface area contributed by atoms with Crippen LogP contribution in [0, 0.1) is 5.82 Å². The number of aromatic nitrogens is 2. The van der Waals surface area contributed by atoms with Crippen LogP contribution in [0.5, 0.6) is 0 Å². The van der Waals surface area contributed by atoms with Gasteiger partial charge in [0.05, 0.1) is 18.3 Å². The highest BCUT2D eigenvalue weighted by atomic mass is 19.1. The maximum absolute atomic E-state index is 13.3. The van der Waals surface area contributed by atoms with Crippen LogP contribution in [0.4, 0.5) is 4.39 Å². The van der Waals surface area contributed by atoms with E-state index in [1.807, 2.05) is 0 Å². The average molecular weight is 248 g/mol. The van der Waals surface area contributed by atoms with Crippen molar-refractivity contribution in [3.05, 3.63) is 53.1 Å². The van der Waals surface area contributed by atoms with Gasteiger partial charge in [-0.15, -0.1) is 0 Å². The molecule has 94 valence electrons. The van der Waals surface area contributed by atoms with Crippen molar-refractivity contribution in [1.82, 2.24) is 9.78 Å². The molecule has 0 radical (unpaired) electrons. The van der Waals surface area contributed by atoms with Gasteiger partial charge >= 0.3 is 0 Å². The van der Waals surface area contributed by atoms with Gasteiger partial charge in [0, 0.05) is 12.7 Å². The van der Waals surface area contributed by atoms with Gasteiger partial charge in [-0.05, 0) is 23.3 Å². The minimum atomic E-state index is -0.539. The van der Waals surface area contributed by atoms with E-state index in [-0.39, 0.29) is 12.4 Å². The van der Waals surface area contributed by atoms with E-state index in [2.05, 4.69) is 5.10 Å². The largest absolute Gasteiger partial charge is 0.366 e. The van der Waals surface area contributed by atoms with Crippen LogP contribution >= 0.6 is 0 Å². The first-order valence-electron chi connectivity index (χ1n) is 5.39. The third-order valence-corrected chi connectivity index (χ3v) is 2.52. The summed E-state index contributed by atoms with van der Waals surface area (Å²) in [6, 6.07) is 4.60. The predicted octanol–water partition coefficient (Wildman–Crippen LogP) is 0.628. The number of carbonyl (C=O) groups excluding carboxylic acids is 1. The van der Waals surface area contributed by atoms with Crippen molar-refractivity contribution in [2.45, 2.75) is 13.1 Å². The normalized spacial score (nSPS) is 10.6. The zero-order valence-electron chi connectivity index (χ0n) is 9.64. The zero-order chi connectivity index (χ0) is 13.1. The van der Waals surface area contributed by atoms with Crippen molar-refractivity contribution in [2.24, 2.45) is 11.5 Å². The Labute approximate surface area is 103 Å². The van der Waals surface area contributed by atoms with E-state index >= 15 is 0 Å². The van der Waals surface area contributed by atoms with Crippen LogP contribution in [0.15, 0.2) is 30.6 Å². The van der Waals surface area contributed by atoms with Crippen LogP contribution in [-0.2, 0) is 13.1 Å². The maximum atomic E-state index is 13.3. The lowest BCUT2D eigenvalue weighted by Crippen LogP contribution is -2.09. The monoisotopic (exact) mass is 248 g/mol. The third-order valence-electron chi connectivity index (χ3n) is 2.52. The van der Waals surface area contributed by atoms with Gasteiger partial charge in [-0.2, -0.15) is 5.10 Å². The van der Waals surface area contributed by atoms with Crippen molar-refractivity contribution in [3.8, 4) is 0 Å². The maximum Gasteiger partial charge on any atom is 0.251 e. The fourth-order valence-corrected chi connectivity index (χ4v) is 1.69. The molecular weight excluding hydrogens is 235 g/mol. The van der Waals surface area contributed by atoms with E-state index in [1.165, 1.54) is 29.2 Å². The molecule has 0 aliphatic heterocycles. The minimum Gasteiger partial charge on any atom is -0.366 e. The molecule has 0 aliphatic carbocycles. The number of rotatable bonds is 4. The summed E-state index contributed by atoms with van der Waals surface area (Å²) in [5.74, 6) is -0.877. The van der Waals surface area contributed by atoms with Crippen molar-refractivity contribution >= 4 is 5.91 Å². The van der Waals surface area contributed by atoms with Gasteiger partial charge in [-0.1, -0.05) is 6.07 Å². The molecule has 0 saturated carbocycles. The molecule has 0 spiro atoms. The van der Waals surface area contributed by atoms with Gasteiger partial charge in [0.2, 0.25) is 0 Å². The van der Waals surface area contributed by atoms with Crippen LogP contribution in [-0.4, -0.2) is 15.7 Å². The highest BCUT2D eigenvalue weighted by Gasteiger charge is 2.05. The Morgan fingerprint density at radius 2 is 2.06 bits per heavy atom. The molecule has 6 heteroatoms. The average Bonchev–Trinajstić information content (AvgIpc) is 2.76. The Balaban J connectivity index is 2.22. The first kappa shape index (κ1) is 12.3. The summed E-state index contributed by atoms with van der Waals surface area (Å²) in [4.78, 5) is 10.9. The highest BCUT2D eigenvalue weighted by Crippen LogP contribution is 2.10. The van der Waals surface area contributed by atoms with Gasteiger partial charge in [0.1, 0.15) is 5.82 Å². The summed E-state index contributed by atoms with van der Waals surface area (Å²) in [6.45, 7) is 0.633. The number of nitrogens with zero attached hydrogens (tertiary/aromatic N) is 2. The van der Waals surface area contributed by atoms with Crippen LogP contribution in [0.3, 0.4) is 0 Å². The van der Waals surface area contributed by atoms with Crippen LogP contribution in [0.1, 0.15) is 21.5 Å². The number of hydrogen-bond donors (Lipinski definition) is 2. The Morgan fingerprint density at radius 3 is 2.67 bits per heavy atom. The molecule has 1 aromatic heterocycles. The van der Waals surface area contributed by atoms with E-state index in [0.717, 1.165) is 5.56 Å². The lowest BCUT2D eigenvalue weighted by molar-refractivity contribution is 0.1000. The number of primary amides is 1. The third kappa shape index (κ3) is 2.72. The molecule has 2 rings (SSSR count). The Hall–Kier alpha value is -2.21. The summed E-state index contributed by atoms with van der Waals surface area (Å²) in [6.07, 6.45) is 2.90. The molecule has 0 unspecified atom stereocenters. The summed E-state index contributed by atoms with van der Waals surface area (Å²) in [7, 11) is 0. The van der Waals surface area contributed by atoms with Crippen molar-refractivity contribution < 1.29 is 9.18 Å². The molecule has 0 bridgehead atoms. The molecule has 2 aromatic rings. The molecule has 5 nitrogen and oxygen atoms in total. The Bertz CT molecular complexity index is 579. The smallest absolute Gasteiger partial charge is 0.251 e. The second-order valence-corrected chi connectivity index (χ2v) is 3.96. The molecule has 1 amide bonds. The molecule has 0 fully saturated rings.